The van der Waals surface area contributed by atoms with E-state index in [9.17, 15) is 4.79 Å². The number of rotatable bonds is 2. The van der Waals surface area contributed by atoms with Crippen molar-refractivity contribution < 1.29 is 4.42 Å². The third-order valence-corrected chi connectivity index (χ3v) is 2.67. The van der Waals surface area contributed by atoms with Crippen LogP contribution in [-0.4, -0.2) is 4.57 Å². The second-order valence-corrected chi connectivity index (χ2v) is 4.90. The van der Waals surface area contributed by atoms with E-state index >= 15 is 0 Å². The molecule has 1 aromatic carbocycles. The van der Waals surface area contributed by atoms with Crippen LogP contribution in [-0.2, 0) is 6.54 Å². The SMILES string of the molecule is CC(C)Cn1c(=O)oc2cc(Br)ccc21. The number of halogens is 1. The molecular formula is C11H12BrNO2. The summed E-state index contributed by atoms with van der Waals surface area (Å²) in [6.07, 6.45) is 0. The van der Waals surface area contributed by atoms with Gasteiger partial charge in [-0.05, 0) is 24.1 Å². The maximum Gasteiger partial charge on any atom is 0.419 e. The smallest absolute Gasteiger partial charge is 0.408 e. The summed E-state index contributed by atoms with van der Waals surface area (Å²) in [6.45, 7) is 4.84. The maximum absolute atomic E-state index is 11.6. The first-order chi connectivity index (χ1) is 7.08. The molecule has 0 aliphatic carbocycles. The van der Waals surface area contributed by atoms with E-state index < -0.39 is 0 Å². The van der Waals surface area contributed by atoms with Crippen LogP contribution in [0.4, 0.5) is 0 Å². The van der Waals surface area contributed by atoms with Crippen molar-refractivity contribution in [3.63, 3.8) is 0 Å². The van der Waals surface area contributed by atoms with Crippen molar-refractivity contribution in [2.45, 2.75) is 20.4 Å². The summed E-state index contributed by atoms with van der Waals surface area (Å²) in [7, 11) is 0. The van der Waals surface area contributed by atoms with Crippen molar-refractivity contribution in [2.24, 2.45) is 5.92 Å². The lowest BCUT2D eigenvalue weighted by Crippen LogP contribution is -2.17. The Balaban J connectivity index is 2.63. The molecule has 0 unspecified atom stereocenters. The molecule has 0 aliphatic rings. The van der Waals surface area contributed by atoms with Gasteiger partial charge in [-0.1, -0.05) is 29.8 Å². The molecule has 0 N–H and O–H groups in total. The summed E-state index contributed by atoms with van der Waals surface area (Å²) in [5.41, 5.74) is 1.49. The molecule has 2 rings (SSSR count). The van der Waals surface area contributed by atoms with E-state index in [1.807, 2.05) is 18.2 Å². The molecule has 2 aromatic rings. The van der Waals surface area contributed by atoms with Crippen LogP contribution < -0.4 is 5.76 Å². The Morgan fingerprint density at radius 3 is 2.87 bits per heavy atom. The van der Waals surface area contributed by atoms with Crippen molar-refractivity contribution in [3.05, 3.63) is 33.2 Å². The van der Waals surface area contributed by atoms with Gasteiger partial charge in [-0.2, -0.15) is 0 Å². The largest absolute Gasteiger partial charge is 0.419 e. The topological polar surface area (TPSA) is 35.1 Å². The number of hydrogen-bond donors (Lipinski definition) is 0. The molecule has 0 fully saturated rings. The molecule has 0 spiro atoms. The van der Waals surface area contributed by atoms with E-state index in [0.717, 1.165) is 9.99 Å². The fraction of sp³-hybridized carbons (Fsp3) is 0.364. The molecule has 0 radical (unpaired) electrons. The molecule has 0 saturated heterocycles. The predicted molar refractivity (Wildman–Crippen MR) is 63.0 cm³/mol. The first kappa shape index (κ1) is 10.5. The highest BCUT2D eigenvalue weighted by atomic mass is 79.9. The minimum atomic E-state index is -0.281. The van der Waals surface area contributed by atoms with E-state index in [1.165, 1.54) is 0 Å². The third kappa shape index (κ3) is 2.00. The zero-order chi connectivity index (χ0) is 11.0. The predicted octanol–water partition coefficient (Wildman–Crippen LogP) is 3.01. The summed E-state index contributed by atoms with van der Waals surface area (Å²) >= 11 is 3.35. The van der Waals surface area contributed by atoms with Crippen molar-refractivity contribution in [3.8, 4) is 0 Å². The number of oxazole rings is 1. The molecule has 0 bridgehead atoms. The maximum atomic E-state index is 11.6. The molecule has 80 valence electrons. The van der Waals surface area contributed by atoms with Crippen molar-refractivity contribution in [2.75, 3.05) is 0 Å². The third-order valence-electron chi connectivity index (χ3n) is 2.18. The van der Waals surface area contributed by atoms with Crippen LogP contribution in [0.3, 0.4) is 0 Å². The highest BCUT2D eigenvalue weighted by molar-refractivity contribution is 9.10. The Morgan fingerprint density at radius 2 is 2.20 bits per heavy atom. The molecular weight excluding hydrogens is 258 g/mol. The molecule has 0 atom stereocenters. The van der Waals surface area contributed by atoms with Crippen molar-refractivity contribution in [1.29, 1.82) is 0 Å². The molecule has 0 saturated carbocycles. The fourth-order valence-electron chi connectivity index (χ4n) is 1.58. The van der Waals surface area contributed by atoms with Crippen LogP contribution in [0.2, 0.25) is 0 Å². The Bertz CT molecular complexity index is 539. The summed E-state index contributed by atoms with van der Waals surface area (Å²) in [5, 5.41) is 0. The van der Waals surface area contributed by atoms with Gasteiger partial charge in [0.1, 0.15) is 0 Å². The highest BCUT2D eigenvalue weighted by Gasteiger charge is 2.10. The Hall–Kier alpha value is -1.03. The first-order valence-corrected chi connectivity index (χ1v) is 5.66. The Labute approximate surface area is 95.8 Å². The second kappa shape index (κ2) is 3.85. The molecule has 0 amide bonds. The van der Waals surface area contributed by atoms with Crippen LogP contribution in [0.5, 0.6) is 0 Å². The second-order valence-electron chi connectivity index (χ2n) is 3.98. The van der Waals surface area contributed by atoms with Gasteiger partial charge in [0.25, 0.3) is 0 Å². The lowest BCUT2D eigenvalue weighted by Gasteiger charge is -2.04. The van der Waals surface area contributed by atoms with E-state index in [2.05, 4.69) is 29.8 Å². The minimum Gasteiger partial charge on any atom is -0.408 e. The zero-order valence-corrected chi connectivity index (χ0v) is 10.2. The first-order valence-electron chi connectivity index (χ1n) is 4.87. The number of nitrogens with zero attached hydrogens (tertiary/aromatic N) is 1. The summed E-state index contributed by atoms with van der Waals surface area (Å²) < 4.78 is 7.75. The van der Waals surface area contributed by atoms with Gasteiger partial charge in [0.2, 0.25) is 0 Å². The minimum absolute atomic E-state index is 0.281. The number of benzene rings is 1. The average Bonchev–Trinajstić information content (AvgIpc) is 2.41. The van der Waals surface area contributed by atoms with Crippen molar-refractivity contribution >= 4 is 27.0 Å². The van der Waals surface area contributed by atoms with Crippen LogP contribution >= 0.6 is 15.9 Å². The summed E-state index contributed by atoms with van der Waals surface area (Å²) in [6, 6.07) is 5.62. The summed E-state index contributed by atoms with van der Waals surface area (Å²) in [4.78, 5) is 11.6. The molecule has 1 aromatic heterocycles. The normalized spacial score (nSPS) is 11.5. The van der Waals surface area contributed by atoms with E-state index in [0.29, 0.717) is 18.0 Å². The van der Waals surface area contributed by atoms with Gasteiger partial charge in [0.15, 0.2) is 5.58 Å². The fourth-order valence-corrected chi connectivity index (χ4v) is 1.92. The zero-order valence-electron chi connectivity index (χ0n) is 8.66. The monoisotopic (exact) mass is 269 g/mol. The van der Waals surface area contributed by atoms with Gasteiger partial charge in [0.05, 0.1) is 5.52 Å². The van der Waals surface area contributed by atoms with Gasteiger partial charge in [-0.15, -0.1) is 0 Å². The molecule has 15 heavy (non-hydrogen) atoms. The molecule has 1 heterocycles. The molecule has 4 heteroatoms. The highest BCUT2D eigenvalue weighted by Crippen LogP contribution is 2.19. The van der Waals surface area contributed by atoms with Gasteiger partial charge < -0.3 is 4.42 Å². The van der Waals surface area contributed by atoms with Gasteiger partial charge >= 0.3 is 5.76 Å². The van der Waals surface area contributed by atoms with Crippen LogP contribution in [0, 0.1) is 5.92 Å². The number of fused-ring (bicyclic) bond motifs is 1. The van der Waals surface area contributed by atoms with Crippen LogP contribution in [0.15, 0.2) is 31.9 Å². The summed E-state index contributed by atoms with van der Waals surface area (Å²) in [5.74, 6) is 0.143. The van der Waals surface area contributed by atoms with Gasteiger partial charge in [0, 0.05) is 11.0 Å². The lowest BCUT2D eigenvalue weighted by molar-refractivity contribution is 0.458. The standard InChI is InChI=1S/C11H12BrNO2/c1-7(2)6-13-9-4-3-8(12)5-10(9)15-11(13)14/h3-5,7H,6H2,1-2H3. The van der Waals surface area contributed by atoms with Gasteiger partial charge in [-0.3, -0.25) is 4.57 Å². The van der Waals surface area contributed by atoms with E-state index in [1.54, 1.807) is 4.57 Å². The number of aromatic nitrogens is 1. The Morgan fingerprint density at radius 1 is 1.47 bits per heavy atom. The van der Waals surface area contributed by atoms with Crippen LogP contribution in [0.1, 0.15) is 13.8 Å². The van der Waals surface area contributed by atoms with Crippen LogP contribution in [0.25, 0.3) is 11.1 Å². The molecule has 0 aliphatic heterocycles. The van der Waals surface area contributed by atoms with Gasteiger partial charge in [-0.25, -0.2) is 4.79 Å². The van der Waals surface area contributed by atoms with E-state index in [4.69, 9.17) is 4.42 Å². The van der Waals surface area contributed by atoms with E-state index in [-0.39, 0.29) is 5.76 Å². The lowest BCUT2D eigenvalue weighted by atomic mass is 10.2. The van der Waals surface area contributed by atoms with Crippen molar-refractivity contribution in [1.82, 2.24) is 4.57 Å². The number of hydrogen-bond acceptors (Lipinski definition) is 2. The average molecular weight is 270 g/mol. The Kier molecular flexibility index (Phi) is 2.69. The quantitative estimate of drug-likeness (QED) is 0.840. The molecule has 3 nitrogen and oxygen atoms in total.